The summed E-state index contributed by atoms with van der Waals surface area (Å²) in [4.78, 5) is 23.4. The molecule has 144 valence electrons. The highest BCUT2D eigenvalue weighted by molar-refractivity contribution is 5.82. The third kappa shape index (κ3) is 5.38. The van der Waals surface area contributed by atoms with Gasteiger partial charge in [-0.15, -0.1) is 0 Å². The van der Waals surface area contributed by atoms with Crippen LogP contribution in [-0.2, 0) is 20.9 Å². The summed E-state index contributed by atoms with van der Waals surface area (Å²) in [5, 5.41) is 42.9. The number of aliphatic hydroxyl groups is 4. The second-order valence-electron chi connectivity index (χ2n) is 5.74. The first-order valence-corrected chi connectivity index (χ1v) is 7.96. The molecule has 26 heavy (non-hydrogen) atoms. The number of ether oxygens (including phenoxy) is 2. The molecule has 0 bridgehead atoms. The van der Waals surface area contributed by atoms with E-state index in [0.29, 0.717) is 0 Å². The lowest BCUT2D eigenvalue weighted by Gasteiger charge is -2.40. The number of rotatable bonds is 6. The van der Waals surface area contributed by atoms with E-state index in [9.17, 15) is 24.9 Å². The van der Waals surface area contributed by atoms with Gasteiger partial charge in [-0.1, -0.05) is 30.3 Å². The maximum absolute atomic E-state index is 11.8. The molecule has 6 N–H and O–H groups in total. The Bertz CT molecular complexity index is 599. The van der Waals surface area contributed by atoms with Gasteiger partial charge < -0.3 is 40.5 Å². The number of amides is 2. The van der Waals surface area contributed by atoms with Gasteiger partial charge in [0.1, 0.15) is 37.5 Å². The van der Waals surface area contributed by atoms with E-state index in [1.165, 1.54) is 0 Å². The van der Waals surface area contributed by atoms with E-state index < -0.39 is 55.8 Å². The molecule has 10 heteroatoms. The van der Waals surface area contributed by atoms with Crippen LogP contribution in [0.2, 0.25) is 0 Å². The van der Waals surface area contributed by atoms with Crippen LogP contribution in [0.4, 0.5) is 4.79 Å². The highest BCUT2D eigenvalue weighted by Gasteiger charge is 2.44. The Kier molecular flexibility index (Phi) is 7.30. The monoisotopic (exact) mass is 370 g/mol. The number of hydrogen-bond acceptors (Lipinski definition) is 8. The molecule has 10 nitrogen and oxygen atoms in total. The third-order valence-electron chi connectivity index (χ3n) is 3.83. The van der Waals surface area contributed by atoms with Crippen molar-refractivity contribution in [3.8, 4) is 0 Å². The van der Waals surface area contributed by atoms with Crippen LogP contribution in [0.3, 0.4) is 0 Å². The molecule has 1 aromatic rings. The molecule has 1 aliphatic rings. The van der Waals surface area contributed by atoms with E-state index in [1.54, 1.807) is 24.3 Å². The fraction of sp³-hybridized carbons (Fsp3) is 0.500. The van der Waals surface area contributed by atoms with Gasteiger partial charge in [-0.3, -0.25) is 4.79 Å². The van der Waals surface area contributed by atoms with E-state index >= 15 is 0 Å². The minimum absolute atomic E-state index is 0.0386. The third-order valence-corrected chi connectivity index (χ3v) is 3.83. The number of aliphatic hydroxyl groups excluding tert-OH is 4. The average molecular weight is 370 g/mol. The smallest absolute Gasteiger partial charge is 0.407 e. The Labute approximate surface area is 149 Å². The van der Waals surface area contributed by atoms with Crippen LogP contribution in [-0.4, -0.2) is 76.2 Å². The van der Waals surface area contributed by atoms with Gasteiger partial charge in [0.15, 0.2) is 6.29 Å². The molecule has 2 amide bonds. The van der Waals surface area contributed by atoms with Gasteiger partial charge in [0.2, 0.25) is 5.91 Å². The Balaban J connectivity index is 1.75. The van der Waals surface area contributed by atoms with E-state index in [4.69, 9.17) is 14.6 Å². The molecule has 1 aliphatic heterocycles. The first-order chi connectivity index (χ1) is 12.4. The average Bonchev–Trinajstić information content (AvgIpc) is 2.65. The molecule has 0 saturated carbocycles. The number of benzene rings is 1. The summed E-state index contributed by atoms with van der Waals surface area (Å²) in [5.41, 5.74) is 0.783. The summed E-state index contributed by atoms with van der Waals surface area (Å²) < 4.78 is 9.85. The van der Waals surface area contributed by atoms with Crippen molar-refractivity contribution < 1.29 is 39.5 Å². The minimum atomic E-state index is -1.63. The van der Waals surface area contributed by atoms with Crippen LogP contribution in [0.1, 0.15) is 5.56 Å². The number of carbonyl (C=O) groups excluding carboxylic acids is 2. The Morgan fingerprint density at radius 1 is 1.12 bits per heavy atom. The first kappa shape index (κ1) is 20.1. The van der Waals surface area contributed by atoms with Crippen molar-refractivity contribution in [2.24, 2.45) is 0 Å². The number of nitrogens with one attached hydrogen (secondary N) is 2. The lowest BCUT2D eigenvalue weighted by Crippen LogP contribution is -2.64. The maximum Gasteiger partial charge on any atom is 0.407 e. The summed E-state index contributed by atoms with van der Waals surface area (Å²) in [6.07, 6.45) is -6.65. The maximum atomic E-state index is 11.8. The molecule has 2 rings (SSSR count). The van der Waals surface area contributed by atoms with Crippen molar-refractivity contribution in [3.05, 3.63) is 35.9 Å². The summed E-state index contributed by atoms with van der Waals surface area (Å²) in [5.74, 6) is -0.733. The van der Waals surface area contributed by atoms with Gasteiger partial charge in [-0.25, -0.2) is 4.79 Å². The molecule has 1 aromatic carbocycles. The zero-order valence-electron chi connectivity index (χ0n) is 13.8. The SMILES string of the molecule is O=C(CNC(=O)OCc1ccccc1)N[C@H]1[C@@H](O)[C@H](O)[C@H](CO)O[C@@H]1O. The van der Waals surface area contributed by atoms with Gasteiger partial charge in [-0.2, -0.15) is 0 Å². The zero-order chi connectivity index (χ0) is 19.1. The van der Waals surface area contributed by atoms with Gasteiger partial charge in [0.05, 0.1) is 6.61 Å². The molecule has 5 atom stereocenters. The minimum Gasteiger partial charge on any atom is -0.445 e. The van der Waals surface area contributed by atoms with Crippen LogP contribution in [0.15, 0.2) is 30.3 Å². The van der Waals surface area contributed by atoms with Crippen molar-refractivity contribution in [2.75, 3.05) is 13.2 Å². The highest BCUT2D eigenvalue weighted by atomic mass is 16.6. The molecular weight excluding hydrogens is 348 g/mol. The molecule has 1 fully saturated rings. The number of carbonyl (C=O) groups is 2. The van der Waals surface area contributed by atoms with E-state index in [2.05, 4.69) is 10.6 Å². The molecule has 1 heterocycles. The Morgan fingerprint density at radius 3 is 2.46 bits per heavy atom. The predicted octanol–water partition coefficient (Wildman–Crippen LogP) is -2.17. The van der Waals surface area contributed by atoms with Crippen molar-refractivity contribution in [1.29, 1.82) is 0 Å². The van der Waals surface area contributed by atoms with Crippen LogP contribution in [0.25, 0.3) is 0 Å². The highest BCUT2D eigenvalue weighted by Crippen LogP contribution is 2.19. The lowest BCUT2D eigenvalue weighted by molar-refractivity contribution is -0.253. The topological polar surface area (TPSA) is 158 Å². The van der Waals surface area contributed by atoms with Gasteiger partial charge >= 0.3 is 6.09 Å². The Hall–Kier alpha value is -2.24. The van der Waals surface area contributed by atoms with Crippen LogP contribution < -0.4 is 10.6 Å². The largest absolute Gasteiger partial charge is 0.445 e. The molecule has 0 radical (unpaired) electrons. The molecular formula is C16H22N2O8. The second kappa shape index (κ2) is 9.46. The van der Waals surface area contributed by atoms with Crippen LogP contribution >= 0.6 is 0 Å². The fourth-order valence-electron chi connectivity index (χ4n) is 2.42. The Morgan fingerprint density at radius 2 is 1.81 bits per heavy atom. The van der Waals surface area contributed by atoms with E-state index in [1.807, 2.05) is 6.07 Å². The van der Waals surface area contributed by atoms with Crippen LogP contribution in [0.5, 0.6) is 0 Å². The van der Waals surface area contributed by atoms with Crippen molar-refractivity contribution >= 4 is 12.0 Å². The van der Waals surface area contributed by atoms with Crippen LogP contribution in [0, 0.1) is 0 Å². The molecule has 0 unspecified atom stereocenters. The zero-order valence-corrected chi connectivity index (χ0v) is 13.8. The summed E-state index contributed by atoms with van der Waals surface area (Å²) in [6, 6.07) is 7.65. The first-order valence-electron chi connectivity index (χ1n) is 7.96. The van der Waals surface area contributed by atoms with Gasteiger partial charge in [-0.05, 0) is 5.56 Å². The molecule has 1 saturated heterocycles. The van der Waals surface area contributed by atoms with Gasteiger partial charge in [0, 0.05) is 0 Å². The standard InChI is InChI=1S/C16H22N2O8/c19-7-10-13(21)14(22)12(15(23)26-10)18-11(20)6-17-16(24)25-8-9-4-2-1-3-5-9/h1-5,10,12-15,19,21-23H,6-8H2,(H,17,24)(H,18,20)/t10-,12-,13+,14+,15-/m0/s1. The number of hydrogen-bond donors (Lipinski definition) is 6. The normalized spacial score (nSPS) is 28.2. The van der Waals surface area contributed by atoms with Crippen molar-refractivity contribution in [3.63, 3.8) is 0 Å². The van der Waals surface area contributed by atoms with E-state index in [-0.39, 0.29) is 6.61 Å². The summed E-state index contributed by atoms with van der Waals surface area (Å²) in [7, 11) is 0. The summed E-state index contributed by atoms with van der Waals surface area (Å²) >= 11 is 0. The lowest BCUT2D eigenvalue weighted by atomic mass is 9.97. The molecule has 0 aromatic heterocycles. The molecule has 0 spiro atoms. The van der Waals surface area contributed by atoms with Crippen molar-refractivity contribution in [1.82, 2.24) is 10.6 Å². The van der Waals surface area contributed by atoms with Gasteiger partial charge in [0.25, 0.3) is 0 Å². The second-order valence-corrected chi connectivity index (χ2v) is 5.74. The quantitative estimate of drug-likeness (QED) is 0.330. The number of alkyl carbamates (subject to hydrolysis) is 1. The van der Waals surface area contributed by atoms with Crippen molar-refractivity contribution in [2.45, 2.75) is 37.3 Å². The predicted molar refractivity (Wildman–Crippen MR) is 86.5 cm³/mol. The van der Waals surface area contributed by atoms with E-state index in [0.717, 1.165) is 5.56 Å². The fourth-order valence-corrected chi connectivity index (χ4v) is 2.42. The molecule has 0 aliphatic carbocycles. The summed E-state index contributed by atoms with van der Waals surface area (Å²) in [6.45, 7) is -1.04.